The first kappa shape index (κ1) is 20.2. The van der Waals surface area contributed by atoms with Crippen molar-refractivity contribution in [3.8, 4) is 0 Å². The molecule has 0 saturated carbocycles. The van der Waals surface area contributed by atoms with Gasteiger partial charge in [0, 0.05) is 25.1 Å². The largest absolute Gasteiger partial charge is 0.347 e. The van der Waals surface area contributed by atoms with Crippen molar-refractivity contribution in [1.29, 1.82) is 0 Å². The Hall–Kier alpha value is -3.05. The van der Waals surface area contributed by atoms with E-state index in [2.05, 4.69) is 32.3 Å². The van der Waals surface area contributed by atoms with Crippen molar-refractivity contribution < 1.29 is 4.79 Å². The third-order valence-electron chi connectivity index (χ3n) is 5.79. The van der Waals surface area contributed by atoms with E-state index in [9.17, 15) is 4.79 Å². The first-order chi connectivity index (χ1) is 14.8. The zero-order valence-electron chi connectivity index (χ0n) is 17.2. The van der Waals surface area contributed by atoms with Gasteiger partial charge >= 0.3 is 0 Å². The summed E-state index contributed by atoms with van der Waals surface area (Å²) < 4.78 is 0. The molecular weight excluding hydrogens is 372 g/mol. The average Bonchev–Trinajstić information content (AvgIpc) is 2.80. The molecule has 1 unspecified atom stereocenters. The van der Waals surface area contributed by atoms with Crippen LogP contribution in [0.15, 0.2) is 79.3 Å². The van der Waals surface area contributed by atoms with Gasteiger partial charge in [0.15, 0.2) is 0 Å². The Balaban J connectivity index is 1.40. The summed E-state index contributed by atoms with van der Waals surface area (Å²) in [6.45, 7) is 2.99. The van der Waals surface area contributed by atoms with E-state index < -0.39 is 0 Å². The fraction of sp³-hybridized carbons (Fsp3) is 0.320. The maximum Gasteiger partial charge on any atom is 0.224 e. The zero-order chi connectivity index (χ0) is 20.6. The first-order valence-electron chi connectivity index (χ1n) is 10.6. The van der Waals surface area contributed by atoms with Crippen LogP contribution >= 0.6 is 0 Å². The minimum atomic E-state index is -0.0505. The van der Waals surface area contributed by atoms with Crippen molar-refractivity contribution in [1.82, 2.24) is 20.2 Å². The molecule has 1 fully saturated rings. The Morgan fingerprint density at radius 1 is 0.933 bits per heavy atom. The van der Waals surface area contributed by atoms with Gasteiger partial charge in [-0.05, 0) is 67.2 Å². The van der Waals surface area contributed by atoms with E-state index in [1.807, 2.05) is 67.1 Å². The number of carbonyl (C=O) groups excluding carboxylic acids is 1. The summed E-state index contributed by atoms with van der Waals surface area (Å²) in [5.41, 5.74) is 3.27. The van der Waals surface area contributed by atoms with Crippen molar-refractivity contribution in [3.05, 3.63) is 96.1 Å². The van der Waals surface area contributed by atoms with Crippen LogP contribution < -0.4 is 5.32 Å². The summed E-state index contributed by atoms with van der Waals surface area (Å²) in [4.78, 5) is 23.9. The molecule has 0 radical (unpaired) electrons. The minimum Gasteiger partial charge on any atom is -0.347 e. The van der Waals surface area contributed by atoms with Crippen LogP contribution in [-0.2, 0) is 17.8 Å². The van der Waals surface area contributed by atoms with Crippen molar-refractivity contribution in [2.45, 2.75) is 31.8 Å². The molecule has 1 atom stereocenters. The van der Waals surface area contributed by atoms with Crippen LogP contribution in [0.5, 0.6) is 0 Å². The number of likely N-dealkylation sites (tertiary alicyclic amines) is 1. The van der Waals surface area contributed by atoms with Crippen molar-refractivity contribution in [3.63, 3.8) is 0 Å². The van der Waals surface area contributed by atoms with Gasteiger partial charge in [0.05, 0.1) is 18.2 Å². The number of benzene rings is 1. The van der Waals surface area contributed by atoms with E-state index in [0.29, 0.717) is 12.3 Å². The lowest BCUT2D eigenvalue weighted by Gasteiger charge is -2.36. The number of pyridine rings is 2. The van der Waals surface area contributed by atoms with E-state index in [-0.39, 0.29) is 11.9 Å². The highest BCUT2D eigenvalue weighted by Crippen LogP contribution is 2.30. The van der Waals surface area contributed by atoms with Crippen molar-refractivity contribution in [2.75, 3.05) is 13.1 Å². The molecule has 5 nitrogen and oxygen atoms in total. The molecule has 1 aromatic carbocycles. The Morgan fingerprint density at radius 3 is 2.37 bits per heavy atom. The minimum absolute atomic E-state index is 0.0505. The number of aromatic nitrogens is 2. The molecule has 3 aromatic rings. The molecule has 0 aliphatic carbocycles. The topological polar surface area (TPSA) is 58.1 Å². The number of carbonyl (C=O) groups is 1. The standard InChI is InChI=1S/C25H28N4O/c30-24(18-20-6-2-1-3-7-20)28-25(23-8-4-5-13-27-23)22-11-16-29(17-12-22)19-21-9-14-26-15-10-21/h1-10,13-15,22,25H,11-12,16-19H2,(H,28,30). The Bertz CT molecular complexity index is 910. The van der Waals surface area contributed by atoms with Crippen LogP contribution in [0.4, 0.5) is 0 Å². The smallest absolute Gasteiger partial charge is 0.224 e. The molecule has 1 saturated heterocycles. The fourth-order valence-corrected chi connectivity index (χ4v) is 4.19. The Morgan fingerprint density at radius 2 is 1.67 bits per heavy atom. The number of nitrogens with one attached hydrogen (secondary N) is 1. The van der Waals surface area contributed by atoms with Gasteiger partial charge in [-0.3, -0.25) is 19.7 Å². The van der Waals surface area contributed by atoms with Crippen LogP contribution in [0.3, 0.4) is 0 Å². The molecular formula is C25H28N4O. The van der Waals surface area contributed by atoms with Gasteiger partial charge in [-0.2, -0.15) is 0 Å². The normalized spacial score (nSPS) is 16.1. The number of hydrogen-bond acceptors (Lipinski definition) is 4. The van der Waals surface area contributed by atoms with E-state index in [4.69, 9.17) is 0 Å². The van der Waals surface area contributed by atoms with Crippen LogP contribution in [0, 0.1) is 5.92 Å². The number of nitrogens with zero attached hydrogens (tertiary/aromatic N) is 3. The van der Waals surface area contributed by atoms with E-state index in [1.54, 1.807) is 0 Å². The second kappa shape index (κ2) is 10.1. The lowest BCUT2D eigenvalue weighted by Crippen LogP contribution is -2.41. The number of rotatable bonds is 7. The molecule has 5 heteroatoms. The number of hydrogen-bond donors (Lipinski definition) is 1. The molecule has 1 N–H and O–H groups in total. The van der Waals surface area contributed by atoms with Crippen molar-refractivity contribution in [2.24, 2.45) is 5.92 Å². The molecule has 0 spiro atoms. The van der Waals surface area contributed by atoms with Gasteiger partial charge in [0.25, 0.3) is 0 Å². The van der Waals surface area contributed by atoms with Crippen LogP contribution in [0.25, 0.3) is 0 Å². The summed E-state index contributed by atoms with van der Waals surface area (Å²) in [5.74, 6) is 0.435. The number of piperidine rings is 1. The predicted octanol–water partition coefficient (Wildman–Crippen LogP) is 3.79. The molecule has 3 heterocycles. The summed E-state index contributed by atoms with van der Waals surface area (Å²) in [7, 11) is 0. The third kappa shape index (κ3) is 5.51. The van der Waals surface area contributed by atoms with E-state index >= 15 is 0 Å². The predicted molar refractivity (Wildman–Crippen MR) is 118 cm³/mol. The molecule has 2 aromatic heterocycles. The SMILES string of the molecule is O=C(Cc1ccccc1)NC(c1ccccn1)C1CCN(Cc2ccncc2)CC1. The molecule has 1 aliphatic rings. The average molecular weight is 401 g/mol. The summed E-state index contributed by atoms with van der Waals surface area (Å²) >= 11 is 0. The lowest BCUT2D eigenvalue weighted by atomic mass is 9.87. The highest BCUT2D eigenvalue weighted by Gasteiger charge is 2.29. The monoisotopic (exact) mass is 400 g/mol. The molecule has 1 aliphatic heterocycles. The van der Waals surface area contributed by atoms with Crippen molar-refractivity contribution >= 4 is 5.91 Å². The molecule has 1 amide bonds. The van der Waals surface area contributed by atoms with Crippen LogP contribution in [0.1, 0.15) is 35.7 Å². The molecule has 30 heavy (non-hydrogen) atoms. The maximum absolute atomic E-state index is 12.8. The third-order valence-corrected chi connectivity index (χ3v) is 5.79. The summed E-state index contributed by atoms with van der Waals surface area (Å²) in [6.07, 6.45) is 7.98. The van der Waals surface area contributed by atoms with Gasteiger partial charge in [0.1, 0.15) is 0 Å². The van der Waals surface area contributed by atoms with E-state index in [0.717, 1.165) is 43.7 Å². The first-order valence-corrected chi connectivity index (χ1v) is 10.6. The maximum atomic E-state index is 12.8. The molecule has 4 rings (SSSR count). The van der Waals surface area contributed by atoms with Gasteiger partial charge in [0.2, 0.25) is 5.91 Å². The van der Waals surface area contributed by atoms with Gasteiger partial charge in [-0.25, -0.2) is 0 Å². The molecule has 0 bridgehead atoms. The highest BCUT2D eigenvalue weighted by atomic mass is 16.1. The Labute approximate surface area is 178 Å². The molecule has 154 valence electrons. The van der Waals surface area contributed by atoms with Gasteiger partial charge in [-0.15, -0.1) is 0 Å². The van der Waals surface area contributed by atoms with Gasteiger partial charge in [-0.1, -0.05) is 36.4 Å². The Kier molecular flexibility index (Phi) is 6.83. The fourth-order valence-electron chi connectivity index (χ4n) is 4.19. The second-order valence-corrected chi connectivity index (χ2v) is 7.93. The second-order valence-electron chi connectivity index (χ2n) is 7.93. The van der Waals surface area contributed by atoms with E-state index in [1.165, 1.54) is 5.56 Å². The highest BCUT2D eigenvalue weighted by molar-refractivity contribution is 5.79. The number of amides is 1. The summed E-state index contributed by atoms with van der Waals surface area (Å²) in [6, 6.07) is 19.9. The van der Waals surface area contributed by atoms with Crippen LogP contribution in [-0.4, -0.2) is 33.9 Å². The quantitative estimate of drug-likeness (QED) is 0.656. The zero-order valence-corrected chi connectivity index (χ0v) is 17.2. The lowest BCUT2D eigenvalue weighted by molar-refractivity contribution is -0.121. The summed E-state index contributed by atoms with van der Waals surface area (Å²) in [5, 5.41) is 3.29. The van der Waals surface area contributed by atoms with Gasteiger partial charge < -0.3 is 5.32 Å². The van der Waals surface area contributed by atoms with Crippen LogP contribution in [0.2, 0.25) is 0 Å².